The van der Waals surface area contributed by atoms with Gasteiger partial charge in [0, 0.05) is 23.3 Å². The Balaban J connectivity index is 1.86. The van der Waals surface area contributed by atoms with Crippen LogP contribution in [0.4, 0.5) is 0 Å². The number of halogens is 2. The van der Waals surface area contributed by atoms with Crippen LogP contribution in [0.25, 0.3) is 10.1 Å². The second kappa shape index (κ2) is 7.17. The maximum Gasteiger partial charge on any atom is 0.283 e. The molecule has 122 valence electrons. The largest absolute Gasteiger partial charge is 0.495 e. The minimum absolute atomic E-state index is 0.338. The number of thiophene rings is 1. The summed E-state index contributed by atoms with van der Waals surface area (Å²) >= 11 is 13.8. The van der Waals surface area contributed by atoms with Gasteiger partial charge >= 0.3 is 0 Å². The van der Waals surface area contributed by atoms with Crippen LogP contribution in [0.5, 0.6) is 5.75 Å². The van der Waals surface area contributed by atoms with Crippen molar-refractivity contribution in [2.24, 2.45) is 5.10 Å². The normalized spacial score (nSPS) is 11.1. The van der Waals surface area contributed by atoms with Gasteiger partial charge < -0.3 is 4.74 Å². The van der Waals surface area contributed by atoms with Crippen molar-refractivity contribution in [2.45, 2.75) is 0 Å². The molecule has 0 spiro atoms. The summed E-state index contributed by atoms with van der Waals surface area (Å²) in [5.41, 5.74) is 3.22. The van der Waals surface area contributed by atoms with Gasteiger partial charge in [0.15, 0.2) is 0 Å². The molecule has 1 aromatic carbocycles. The summed E-state index contributed by atoms with van der Waals surface area (Å²) in [5.74, 6) is 0.125. The fraction of sp³-hybridized carbons (Fsp3) is 0.0625. The summed E-state index contributed by atoms with van der Waals surface area (Å²) in [4.78, 5) is 16.6. The highest BCUT2D eigenvalue weighted by Crippen LogP contribution is 2.42. The van der Waals surface area contributed by atoms with Crippen LogP contribution in [0.2, 0.25) is 10.0 Å². The summed E-state index contributed by atoms with van der Waals surface area (Å²) in [5, 5.41) is 5.39. The van der Waals surface area contributed by atoms with Gasteiger partial charge in [0.2, 0.25) is 0 Å². The van der Waals surface area contributed by atoms with Crippen LogP contribution in [0, 0.1) is 0 Å². The molecule has 0 unspecified atom stereocenters. The Morgan fingerprint density at radius 1 is 1.33 bits per heavy atom. The predicted molar refractivity (Wildman–Crippen MR) is 97.7 cm³/mol. The van der Waals surface area contributed by atoms with Crippen LogP contribution in [-0.2, 0) is 0 Å². The highest BCUT2D eigenvalue weighted by atomic mass is 35.5. The number of nitrogens with zero attached hydrogens (tertiary/aromatic N) is 2. The number of ether oxygens (including phenoxy) is 1. The first-order chi connectivity index (χ1) is 11.6. The van der Waals surface area contributed by atoms with E-state index in [1.54, 1.807) is 30.6 Å². The predicted octanol–water partition coefficient (Wildman–Crippen LogP) is 4.38. The minimum Gasteiger partial charge on any atom is -0.495 e. The number of aromatic nitrogens is 1. The Bertz CT molecular complexity index is 926. The fourth-order valence-corrected chi connectivity index (χ4v) is 3.84. The Kier molecular flexibility index (Phi) is 4.99. The molecule has 0 fully saturated rings. The molecule has 1 amide bonds. The number of carbonyl (C=O) groups is 1. The van der Waals surface area contributed by atoms with Crippen molar-refractivity contribution >= 4 is 56.7 Å². The Hall–Kier alpha value is -2.15. The molecule has 8 heteroatoms. The second-order valence-corrected chi connectivity index (χ2v) is 6.47. The van der Waals surface area contributed by atoms with Crippen LogP contribution in [0.3, 0.4) is 0 Å². The molecule has 0 atom stereocenters. The molecule has 0 bridgehead atoms. The van der Waals surface area contributed by atoms with Crippen LogP contribution < -0.4 is 10.2 Å². The lowest BCUT2D eigenvalue weighted by molar-refractivity contribution is 0.0959. The van der Waals surface area contributed by atoms with Crippen LogP contribution in [-0.4, -0.2) is 24.2 Å². The van der Waals surface area contributed by atoms with E-state index < -0.39 is 5.91 Å². The average Bonchev–Trinajstić information content (AvgIpc) is 2.94. The molecule has 0 aliphatic heterocycles. The number of hydrazone groups is 1. The number of pyridine rings is 1. The first kappa shape index (κ1) is 16.7. The van der Waals surface area contributed by atoms with Crippen LogP contribution >= 0.6 is 34.5 Å². The van der Waals surface area contributed by atoms with Crippen LogP contribution in [0.1, 0.15) is 15.2 Å². The van der Waals surface area contributed by atoms with Gasteiger partial charge in [0.1, 0.15) is 15.6 Å². The minimum atomic E-state index is -0.406. The van der Waals surface area contributed by atoms with Gasteiger partial charge in [-0.3, -0.25) is 9.78 Å². The fourth-order valence-electron chi connectivity index (χ4n) is 2.05. The molecule has 24 heavy (non-hydrogen) atoms. The zero-order valence-corrected chi connectivity index (χ0v) is 14.7. The summed E-state index contributed by atoms with van der Waals surface area (Å²) in [6, 6.07) is 7.09. The zero-order valence-electron chi connectivity index (χ0n) is 12.4. The van der Waals surface area contributed by atoms with Crippen molar-refractivity contribution in [3.8, 4) is 5.75 Å². The summed E-state index contributed by atoms with van der Waals surface area (Å²) in [7, 11) is 1.53. The highest BCUT2D eigenvalue weighted by molar-refractivity contribution is 7.22. The number of benzene rings is 1. The molecule has 3 rings (SSSR count). The lowest BCUT2D eigenvalue weighted by Crippen LogP contribution is -2.16. The number of hydrogen-bond donors (Lipinski definition) is 1. The van der Waals surface area contributed by atoms with Gasteiger partial charge in [-0.25, -0.2) is 5.43 Å². The number of methoxy groups -OCH3 is 1. The van der Waals surface area contributed by atoms with E-state index in [-0.39, 0.29) is 0 Å². The number of carbonyl (C=O) groups excluding carboxylic acids is 1. The molecular formula is C16H11Cl2N3O2S. The molecule has 2 aromatic heterocycles. The standard InChI is InChI=1S/C16H11Cl2N3O2S/c1-23-11-5-4-10-12(17)15(24-14(10)13(11)18)16(22)21-20-8-9-3-2-6-19-7-9/h2-8H,1H3,(H,21,22)/b20-8+. The van der Waals surface area contributed by atoms with Gasteiger partial charge in [0.05, 0.1) is 23.0 Å². The number of nitrogens with one attached hydrogen (secondary N) is 1. The summed E-state index contributed by atoms with van der Waals surface area (Å²) < 4.78 is 5.87. The summed E-state index contributed by atoms with van der Waals surface area (Å²) in [6.07, 6.45) is 4.79. The molecular weight excluding hydrogens is 369 g/mol. The van der Waals surface area contributed by atoms with E-state index in [1.807, 2.05) is 6.07 Å². The van der Waals surface area contributed by atoms with Crippen molar-refractivity contribution in [3.05, 3.63) is 57.1 Å². The molecule has 5 nitrogen and oxygen atoms in total. The molecule has 1 N–H and O–H groups in total. The SMILES string of the molecule is COc1ccc2c(Cl)c(C(=O)N/N=C/c3cccnc3)sc2c1Cl. The number of fused-ring (bicyclic) bond motifs is 1. The molecule has 0 saturated heterocycles. The number of rotatable bonds is 4. The molecule has 2 heterocycles. The smallest absolute Gasteiger partial charge is 0.283 e. The topological polar surface area (TPSA) is 63.6 Å². The van der Waals surface area contributed by atoms with E-state index in [4.69, 9.17) is 27.9 Å². The molecule has 0 radical (unpaired) electrons. The molecule has 0 saturated carbocycles. The first-order valence-electron chi connectivity index (χ1n) is 6.79. The van der Waals surface area contributed by atoms with E-state index in [1.165, 1.54) is 24.7 Å². The number of hydrogen-bond acceptors (Lipinski definition) is 5. The van der Waals surface area contributed by atoms with Gasteiger partial charge in [0.25, 0.3) is 5.91 Å². The van der Waals surface area contributed by atoms with Crippen LogP contribution in [0.15, 0.2) is 41.8 Å². The zero-order chi connectivity index (χ0) is 17.1. The van der Waals surface area contributed by atoms with E-state index in [9.17, 15) is 4.79 Å². The van der Waals surface area contributed by atoms with Crippen molar-refractivity contribution < 1.29 is 9.53 Å². The molecule has 0 aliphatic rings. The Labute approximate surface area is 151 Å². The van der Waals surface area contributed by atoms with E-state index in [0.717, 1.165) is 5.56 Å². The Morgan fingerprint density at radius 2 is 2.17 bits per heavy atom. The lowest BCUT2D eigenvalue weighted by atomic mass is 10.2. The summed E-state index contributed by atoms with van der Waals surface area (Å²) in [6.45, 7) is 0. The molecule has 0 aliphatic carbocycles. The van der Waals surface area contributed by atoms with Gasteiger partial charge in [-0.2, -0.15) is 5.10 Å². The van der Waals surface area contributed by atoms with Crippen molar-refractivity contribution in [3.63, 3.8) is 0 Å². The maximum atomic E-state index is 12.3. The first-order valence-corrected chi connectivity index (χ1v) is 8.37. The average molecular weight is 380 g/mol. The van der Waals surface area contributed by atoms with Gasteiger partial charge in [-0.15, -0.1) is 11.3 Å². The third-order valence-electron chi connectivity index (χ3n) is 3.19. The number of amides is 1. The van der Waals surface area contributed by atoms with E-state index in [2.05, 4.69) is 15.5 Å². The molecule has 3 aromatic rings. The quantitative estimate of drug-likeness (QED) is 0.540. The van der Waals surface area contributed by atoms with Crippen molar-refractivity contribution in [2.75, 3.05) is 7.11 Å². The monoisotopic (exact) mass is 379 g/mol. The van der Waals surface area contributed by atoms with Gasteiger partial charge in [-0.1, -0.05) is 29.3 Å². The van der Waals surface area contributed by atoms with Gasteiger partial charge in [-0.05, 0) is 18.2 Å². The van der Waals surface area contributed by atoms with Crippen molar-refractivity contribution in [1.82, 2.24) is 10.4 Å². The third-order valence-corrected chi connectivity index (χ3v) is 5.41. The Morgan fingerprint density at radius 3 is 2.88 bits per heavy atom. The van der Waals surface area contributed by atoms with E-state index >= 15 is 0 Å². The second-order valence-electron chi connectivity index (χ2n) is 4.69. The van der Waals surface area contributed by atoms with Crippen molar-refractivity contribution in [1.29, 1.82) is 0 Å². The lowest BCUT2D eigenvalue weighted by Gasteiger charge is -2.02. The highest BCUT2D eigenvalue weighted by Gasteiger charge is 2.20. The third kappa shape index (κ3) is 3.21. The van der Waals surface area contributed by atoms with E-state index in [0.29, 0.717) is 30.8 Å². The maximum absolute atomic E-state index is 12.3.